The molecule has 0 radical (unpaired) electrons. The smallest absolute Gasteiger partial charge is 0.123 e. The topological polar surface area (TPSA) is 29.3 Å². The normalized spacial score (nSPS) is 12.2. The monoisotopic (exact) mass is 286 g/mol. The van der Waals surface area contributed by atoms with E-state index in [-0.39, 0.29) is 11.9 Å². The van der Waals surface area contributed by atoms with Crippen molar-refractivity contribution in [2.45, 2.75) is 26.3 Å². The second-order valence-corrected chi connectivity index (χ2v) is 5.66. The Morgan fingerprint density at radius 2 is 1.76 bits per heavy atom. The Labute approximate surface area is 126 Å². The van der Waals surface area contributed by atoms with Gasteiger partial charge in [-0.15, -0.1) is 0 Å². The predicted molar refractivity (Wildman–Crippen MR) is 87.1 cm³/mol. The number of aryl methyl sites for hydroxylation is 2. The first-order valence-electron chi connectivity index (χ1n) is 7.27. The fraction of sp³-hybridized carbons (Fsp3) is 0.333. The molecule has 0 aliphatic heterocycles. The highest BCUT2D eigenvalue weighted by Gasteiger charge is 2.09. The third-order valence-electron chi connectivity index (χ3n) is 3.84. The maximum Gasteiger partial charge on any atom is 0.123 e. The first-order valence-corrected chi connectivity index (χ1v) is 7.27. The summed E-state index contributed by atoms with van der Waals surface area (Å²) >= 11 is 0. The zero-order chi connectivity index (χ0) is 15.4. The number of hydrogen-bond donors (Lipinski definition) is 1. The molecule has 0 heterocycles. The van der Waals surface area contributed by atoms with E-state index in [2.05, 4.69) is 44.0 Å². The fourth-order valence-electron chi connectivity index (χ4n) is 2.56. The van der Waals surface area contributed by atoms with Gasteiger partial charge in [-0.1, -0.05) is 29.8 Å². The van der Waals surface area contributed by atoms with Crippen LogP contribution in [0.25, 0.3) is 0 Å². The Kier molecular flexibility index (Phi) is 4.97. The molecule has 0 saturated heterocycles. The largest absolute Gasteiger partial charge is 0.374 e. The predicted octanol–water partition coefficient (Wildman–Crippen LogP) is 3.97. The van der Waals surface area contributed by atoms with Crippen LogP contribution in [0.5, 0.6) is 0 Å². The van der Waals surface area contributed by atoms with Crippen LogP contribution in [0.1, 0.15) is 29.2 Å². The Morgan fingerprint density at radius 3 is 2.38 bits per heavy atom. The summed E-state index contributed by atoms with van der Waals surface area (Å²) in [5.74, 6) is -0.224. The van der Waals surface area contributed by atoms with Crippen LogP contribution in [0.2, 0.25) is 0 Å². The van der Waals surface area contributed by atoms with E-state index in [1.165, 1.54) is 28.9 Å². The van der Waals surface area contributed by atoms with Crippen LogP contribution in [0.4, 0.5) is 10.1 Å². The van der Waals surface area contributed by atoms with Gasteiger partial charge in [0.25, 0.3) is 0 Å². The lowest BCUT2D eigenvalue weighted by atomic mass is 10.0. The number of hydrogen-bond acceptors (Lipinski definition) is 2. The Balaban J connectivity index is 1.97. The lowest BCUT2D eigenvalue weighted by Crippen LogP contribution is -2.24. The van der Waals surface area contributed by atoms with Crippen LogP contribution < -0.4 is 10.6 Å². The molecule has 3 heteroatoms. The van der Waals surface area contributed by atoms with E-state index in [0.717, 1.165) is 18.5 Å². The molecule has 0 spiro atoms. The summed E-state index contributed by atoms with van der Waals surface area (Å²) in [6.45, 7) is 5.09. The van der Waals surface area contributed by atoms with Crippen LogP contribution >= 0.6 is 0 Å². The molecule has 0 aromatic heterocycles. The molecule has 0 amide bonds. The third-order valence-corrected chi connectivity index (χ3v) is 3.84. The molecule has 2 nitrogen and oxygen atoms in total. The molecule has 21 heavy (non-hydrogen) atoms. The van der Waals surface area contributed by atoms with Gasteiger partial charge < -0.3 is 10.6 Å². The standard InChI is InChI=1S/C18H23FN2/c1-13-4-9-18(14(2)12-13)21(3)11-10-17(20)15-5-7-16(19)8-6-15/h4-9,12,17H,10-11,20H2,1-3H3. The Bertz CT molecular complexity index is 593. The van der Waals surface area contributed by atoms with E-state index < -0.39 is 0 Å². The van der Waals surface area contributed by atoms with Crippen LogP contribution in [0, 0.1) is 19.7 Å². The second kappa shape index (κ2) is 6.72. The summed E-state index contributed by atoms with van der Waals surface area (Å²) in [6.07, 6.45) is 0.829. The average molecular weight is 286 g/mol. The molecular formula is C18H23FN2. The van der Waals surface area contributed by atoms with E-state index in [4.69, 9.17) is 5.73 Å². The van der Waals surface area contributed by atoms with Gasteiger partial charge in [0, 0.05) is 25.3 Å². The van der Waals surface area contributed by atoms with Gasteiger partial charge in [-0.3, -0.25) is 0 Å². The number of nitrogens with two attached hydrogens (primary N) is 1. The van der Waals surface area contributed by atoms with Crippen LogP contribution in [0.3, 0.4) is 0 Å². The zero-order valence-corrected chi connectivity index (χ0v) is 12.9. The van der Waals surface area contributed by atoms with Gasteiger partial charge in [-0.25, -0.2) is 4.39 Å². The van der Waals surface area contributed by atoms with Gasteiger partial charge in [-0.05, 0) is 49.6 Å². The summed E-state index contributed by atoms with van der Waals surface area (Å²) in [5, 5.41) is 0. The van der Waals surface area contributed by atoms with Gasteiger partial charge in [0.05, 0.1) is 0 Å². The van der Waals surface area contributed by atoms with Crippen LogP contribution in [-0.2, 0) is 0 Å². The first kappa shape index (κ1) is 15.5. The minimum absolute atomic E-state index is 0.0706. The van der Waals surface area contributed by atoms with Gasteiger partial charge in [0.1, 0.15) is 5.82 Å². The molecule has 1 atom stereocenters. The highest BCUT2D eigenvalue weighted by atomic mass is 19.1. The Morgan fingerprint density at radius 1 is 1.10 bits per heavy atom. The summed E-state index contributed by atoms with van der Waals surface area (Å²) in [7, 11) is 2.08. The van der Waals surface area contributed by atoms with Crippen LogP contribution in [0.15, 0.2) is 42.5 Å². The molecule has 0 bridgehead atoms. The minimum atomic E-state index is -0.224. The van der Waals surface area contributed by atoms with Crippen LogP contribution in [-0.4, -0.2) is 13.6 Å². The summed E-state index contributed by atoms with van der Waals surface area (Å²) in [5.41, 5.74) is 10.9. The highest BCUT2D eigenvalue weighted by Crippen LogP contribution is 2.22. The van der Waals surface area contributed by atoms with Gasteiger partial charge >= 0.3 is 0 Å². The lowest BCUT2D eigenvalue weighted by Gasteiger charge is -2.23. The zero-order valence-electron chi connectivity index (χ0n) is 12.9. The molecule has 2 N–H and O–H groups in total. The minimum Gasteiger partial charge on any atom is -0.374 e. The van der Waals surface area contributed by atoms with Crippen molar-refractivity contribution in [1.29, 1.82) is 0 Å². The SMILES string of the molecule is Cc1ccc(N(C)CCC(N)c2ccc(F)cc2)c(C)c1. The van der Waals surface area contributed by atoms with E-state index in [1.54, 1.807) is 12.1 Å². The second-order valence-electron chi connectivity index (χ2n) is 5.66. The third kappa shape index (κ3) is 4.05. The fourth-order valence-corrected chi connectivity index (χ4v) is 2.56. The summed E-state index contributed by atoms with van der Waals surface area (Å²) in [4.78, 5) is 2.22. The molecule has 0 aliphatic carbocycles. The van der Waals surface area contributed by atoms with Crippen molar-refractivity contribution in [2.75, 3.05) is 18.5 Å². The number of rotatable bonds is 5. The maximum atomic E-state index is 12.9. The van der Waals surface area contributed by atoms with Gasteiger partial charge in [-0.2, -0.15) is 0 Å². The molecular weight excluding hydrogens is 263 g/mol. The first-order chi connectivity index (χ1) is 9.97. The van der Waals surface area contributed by atoms with Crippen molar-refractivity contribution in [3.63, 3.8) is 0 Å². The summed E-state index contributed by atoms with van der Waals surface area (Å²) < 4.78 is 12.9. The molecule has 0 fully saturated rings. The number of halogens is 1. The molecule has 2 aromatic carbocycles. The van der Waals surface area contributed by atoms with Crippen molar-refractivity contribution in [3.05, 3.63) is 65.0 Å². The molecule has 2 aromatic rings. The van der Waals surface area contributed by atoms with E-state index in [9.17, 15) is 4.39 Å². The molecule has 0 aliphatic rings. The van der Waals surface area contributed by atoms with Crippen molar-refractivity contribution in [3.8, 4) is 0 Å². The van der Waals surface area contributed by atoms with E-state index in [0.29, 0.717) is 0 Å². The van der Waals surface area contributed by atoms with Crippen molar-refractivity contribution >= 4 is 5.69 Å². The van der Waals surface area contributed by atoms with E-state index >= 15 is 0 Å². The molecule has 2 rings (SSSR count). The number of nitrogens with zero attached hydrogens (tertiary/aromatic N) is 1. The molecule has 1 unspecified atom stereocenters. The van der Waals surface area contributed by atoms with Crippen molar-refractivity contribution in [2.24, 2.45) is 5.73 Å². The van der Waals surface area contributed by atoms with E-state index in [1.807, 2.05) is 0 Å². The van der Waals surface area contributed by atoms with Crippen molar-refractivity contribution in [1.82, 2.24) is 0 Å². The quantitative estimate of drug-likeness (QED) is 0.901. The van der Waals surface area contributed by atoms with Gasteiger partial charge in [0.2, 0.25) is 0 Å². The van der Waals surface area contributed by atoms with Crippen molar-refractivity contribution < 1.29 is 4.39 Å². The molecule has 112 valence electrons. The number of anilines is 1. The Hall–Kier alpha value is -1.87. The summed E-state index contributed by atoms with van der Waals surface area (Å²) in [6, 6.07) is 12.8. The molecule has 0 saturated carbocycles. The maximum absolute atomic E-state index is 12.9. The highest BCUT2D eigenvalue weighted by molar-refractivity contribution is 5.53. The average Bonchev–Trinajstić information content (AvgIpc) is 2.45. The number of benzene rings is 2. The van der Waals surface area contributed by atoms with Gasteiger partial charge in [0.15, 0.2) is 0 Å². The lowest BCUT2D eigenvalue weighted by molar-refractivity contribution is 0.618.